The highest BCUT2D eigenvalue weighted by molar-refractivity contribution is 7.13. The number of nitrogens with zero attached hydrogens (tertiary/aromatic N) is 3. The third-order valence-corrected chi connectivity index (χ3v) is 4.40. The van der Waals surface area contributed by atoms with Crippen molar-refractivity contribution in [1.82, 2.24) is 14.8 Å². The van der Waals surface area contributed by atoms with Gasteiger partial charge in [-0.2, -0.15) is 0 Å². The molecular formula is C14H15N3O3S. The highest BCUT2D eigenvalue weighted by Gasteiger charge is 2.27. The molecule has 1 aliphatic rings. The Morgan fingerprint density at radius 3 is 2.57 bits per heavy atom. The maximum Gasteiger partial charge on any atom is 0.276 e. The molecule has 7 heteroatoms. The van der Waals surface area contributed by atoms with E-state index >= 15 is 0 Å². The molecule has 6 nitrogen and oxygen atoms in total. The average molecular weight is 305 g/mol. The van der Waals surface area contributed by atoms with Gasteiger partial charge in [-0.05, 0) is 11.4 Å². The quantitative estimate of drug-likeness (QED) is 0.847. The first-order chi connectivity index (χ1) is 10.2. The zero-order valence-electron chi connectivity index (χ0n) is 11.6. The molecule has 0 spiro atoms. The highest BCUT2D eigenvalue weighted by Crippen LogP contribution is 2.28. The molecule has 0 saturated carbocycles. The van der Waals surface area contributed by atoms with Gasteiger partial charge in [0, 0.05) is 33.1 Å². The SMILES string of the molecule is CC(=O)N1CCN(C(=O)c2ncoc2-c2cccs2)CC1. The maximum absolute atomic E-state index is 12.6. The Morgan fingerprint density at radius 1 is 1.24 bits per heavy atom. The van der Waals surface area contributed by atoms with Crippen LogP contribution in [0.2, 0.25) is 0 Å². The summed E-state index contributed by atoms with van der Waals surface area (Å²) in [7, 11) is 0. The van der Waals surface area contributed by atoms with Crippen molar-refractivity contribution in [3.63, 3.8) is 0 Å². The second-order valence-corrected chi connectivity index (χ2v) is 5.75. The van der Waals surface area contributed by atoms with Crippen molar-refractivity contribution >= 4 is 23.2 Å². The van der Waals surface area contributed by atoms with Crippen LogP contribution in [0.5, 0.6) is 0 Å². The first-order valence-corrected chi connectivity index (χ1v) is 7.57. The lowest BCUT2D eigenvalue weighted by Gasteiger charge is -2.33. The van der Waals surface area contributed by atoms with E-state index in [0.29, 0.717) is 37.6 Å². The van der Waals surface area contributed by atoms with Gasteiger partial charge < -0.3 is 14.2 Å². The third kappa shape index (κ3) is 2.69. The molecule has 0 radical (unpaired) electrons. The number of piperazine rings is 1. The lowest BCUT2D eigenvalue weighted by Crippen LogP contribution is -2.50. The summed E-state index contributed by atoms with van der Waals surface area (Å²) in [6, 6.07) is 3.80. The second kappa shape index (κ2) is 5.69. The summed E-state index contributed by atoms with van der Waals surface area (Å²) in [6.07, 6.45) is 1.30. The van der Waals surface area contributed by atoms with Crippen molar-refractivity contribution in [2.45, 2.75) is 6.92 Å². The van der Waals surface area contributed by atoms with Crippen LogP contribution in [0.4, 0.5) is 0 Å². The van der Waals surface area contributed by atoms with E-state index in [0.717, 1.165) is 4.88 Å². The number of carbonyl (C=O) groups is 2. The van der Waals surface area contributed by atoms with Crippen molar-refractivity contribution < 1.29 is 14.0 Å². The smallest absolute Gasteiger partial charge is 0.276 e. The largest absolute Gasteiger partial charge is 0.442 e. The van der Waals surface area contributed by atoms with Gasteiger partial charge in [0.1, 0.15) is 0 Å². The average Bonchev–Trinajstić information content (AvgIpc) is 3.17. The van der Waals surface area contributed by atoms with Crippen molar-refractivity contribution in [2.24, 2.45) is 0 Å². The molecule has 0 aromatic carbocycles. The fraction of sp³-hybridized carbons (Fsp3) is 0.357. The number of hydrogen-bond donors (Lipinski definition) is 0. The Hall–Kier alpha value is -2.15. The first kappa shape index (κ1) is 13.8. The summed E-state index contributed by atoms with van der Waals surface area (Å²) >= 11 is 1.51. The molecule has 0 aliphatic carbocycles. The summed E-state index contributed by atoms with van der Waals surface area (Å²) in [6.45, 7) is 3.72. The van der Waals surface area contributed by atoms with Crippen molar-refractivity contribution in [3.05, 3.63) is 29.6 Å². The minimum atomic E-state index is -0.143. The molecule has 3 heterocycles. The van der Waals surface area contributed by atoms with Crippen molar-refractivity contribution in [2.75, 3.05) is 26.2 Å². The van der Waals surface area contributed by atoms with Crippen LogP contribution in [0.3, 0.4) is 0 Å². The van der Waals surface area contributed by atoms with Gasteiger partial charge in [-0.15, -0.1) is 11.3 Å². The number of thiophene rings is 1. The monoisotopic (exact) mass is 305 g/mol. The summed E-state index contributed by atoms with van der Waals surface area (Å²) < 4.78 is 5.37. The number of amides is 2. The molecular weight excluding hydrogens is 290 g/mol. The Kier molecular flexibility index (Phi) is 3.74. The summed E-state index contributed by atoms with van der Waals surface area (Å²) in [4.78, 5) is 32.3. The molecule has 1 saturated heterocycles. The first-order valence-electron chi connectivity index (χ1n) is 6.69. The lowest BCUT2D eigenvalue weighted by molar-refractivity contribution is -0.130. The second-order valence-electron chi connectivity index (χ2n) is 4.81. The van der Waals surface area contributed by atoms with Crippen LogP contribution in [0, 0.1) is 0 Å². The third-order valence-electron chi connectivity index (χ3n) is 3.53. The number of aromatic nitrogens is 1. The minimum absolute atomic E-state index is 0.0443. The zero-order valence-corrected chi connectivity index (χ0v) is 12.4. The fourth-order valence-corrected chi connectivity index (χ4v) is 3.07. The standard InChI is InChI=1S/C14H15N3O3S/c1-10(18)16-4-6-17(7-5-16)14(19)12-13(20-9-15-12)11-3-2-8-21-11/h2-3,8-9H,4-7H2,1H3. The lowest BCUT2D eigenvalue weighted by atomic mass is 10.2. The molecule has 2 amide bonds. The van der Waals surface area contributed by atoms with E-state index in [-0.39, 0.29) is 11.8 Å². The molecule has 21 heavy (non-hydrogen) atoms. The molecule has 1 aliphatic heterocycles. The van der Waals surface area contributed by atoms with Gasteiger partial charge in [0.05, 0.1) is 4.88 Å². The summed E-state index contributed by atoms with van der Waals surface area (Å²) in [5.74, 6) is 0.419. The van der Waals surface area contributed by atoms with Crippen LogP contribution in [0.25, 0.3) is 10.6 Å². The maximum atomic E-state index is 12.6. The summed E-state index contributed by atoms with van der Waals surface area (Å²) in [5, 5.41) is 1.93. The van der Waals surface area contributed by atoms with Crippen LogP contribution < -0.4 is 0 Å². The van der Waals surface area contributed by atoms with Crippen LogP contribution in [-0.4, -0.2) is 52.8 Å². The summed E-state index contributed by atoms with van der Waals surface area (Å²) in [5.41, 5.74) is 0.341. The number of rotatable bonds is 2. The van der Waals surface area contributed by atoms with Crippen LogP contribution in [-0.2, 0) is 4.79 Å². The molecule has 3 rings (SSSR count). The fourth-order valence-electron chi connectivity index (χ4n) is 2.36. The van der Waals surface area contributed by atoms with E-state index < -0.39 is 0 Å². The van der Waals surface area contributed by atoms with E-state index in [1.807, 2.05) is 17.5 Å². The van der Waals surface area contributed by atoms with E-state index in [2.05, 4.69) is 4.98 Å². The predicted molar refractivity (Wildman–Crippen MR) is 78.0 cm³/mol. The molecule has 1 fully saturated rings. The normalized spacial score (nSPS) is 15.3. The Balaban J connectivity index is 1.75. The Morgan fingerprint density at radius 2 is 1.95 bits per heavy atom. The Labute approximate surface area is 126 Å². The van der Waals surface area contributed by atoms with Crippen LogP contribution in [0.1, 0.15) is 17.4 Å². The molecule has 110 valence electrons. The van der Waals surface area contributed by atoms with Gasteiger partial charge in [0.15, 0.2) is 17.8 Å². The van der Waals surface area contributed by atoms with Gasteiger partial charge >= 0.3 is 0 Å². The Bertz CT molecular complexity index is 642. The van der Waals surface area contributed by atoms with Gasteiger partial charge in [-0.25, -0.2) is 4.98 Å². The van der Waals surface area contributed by atoms with Crippen molar-refractivity contribution in [3.8, 4) is 10.6 Å². The van der Waals surface area contributed by atoms with E-state index in [4.69, 9.17) is 4.42 Å². The van der Waals surface area contributed by atoms with Gasteiger partial charge in [0.25, 0.3) is 5.91 Å². The minimum Gasteiger partial charge on any atom is -0.442 e. The van der Waals surface area contributed by atoms with Crippen LogP contribution >= 0.6 is 11.3 Å². The zero-order chi connectivity index (χ0) is 14.8. The van der Waals surface area contributed by atoms with E-state index in [9.17, 15) is 9.59 Å². The van der Waals surface area contributed by atoms with Crippen LogP contribution in [0.15, 0.2) is 28.3 Å². The van der Waals surface area contributed by atoms with Gasteiger partial charge in [-0.1, -0.05) is 6.07 Å². The highest BCUT2D eigenvalue weighted by atomic mass is 32.1. The van der Waals surface area contributed by atoms with E-state index in [1.165, 1.54) is 17.7 Å². The molecule has 0 atom stereocenters. The molecule has 0 unspecified atom stereocenters. The van der Waals surface area contributed by atoms with Gasteiger partial charge in [-0.3, -0.25) is 9.59 Å². The number of carbonyl (C=O) groups excluding carboxylic acids is 2. The molecule has 0 bridgehead atoms. The molecule has 2 aromatic rings. The van der Waals surface area contributed by atoms with Crippen molar-refractivity contribution in [1.29, 1.82) is 0 Å². The number of oxazole rings is 1. The molecule has 2 aromatic heterocycles. The van der Waals surface area contributed by atoms with Gasteiger partial charge in [0.2, 0.25) is 5.91 Å². The molecule has 0 N–H and O–H groups in total. The number of hydrogen-bond acceptors (Lipinski definition) is 5. The topological polar surface area (TPSA) is 66.7 Å². The van der Waals surface area contributed by atoms with E-state index in [1.54, 1.807) is 16.7 Å². The predicted octanol–water partition coefficient (Wildman–Crippen LogP) is 1.71.